The molecule has 2 aromatic rings. The molecule has 0 spiro atoms. The van der Waals surface area contributed by atoms with E-state index >= 15 is 0 Å². The van der Waals surface area contributed by atoms with Gasteiger partial charge in [0.1, 0.15) is 0 Å². The lowest BCUT2D eigenvalue weighted by atomic mass is 10.2. The van der Waals surface area contributed by atoms with Gasteiger partial charge in [0.15, 0.2) is 0 Å². The van der Waals surface area contributed by atoms with E-state index in [9.17, 15) is 4.79 Å². The molecule has 0 bridgehead atoms. The Balaban J connectivity index is 1.45. The third-order valence-corrected chi connectivity index (χ3v) is 5.23. The van der Waals surface area contributed by atoms with E-state index in [1.54, 1.807) is 0 Å². The lowest BCUT2D eigenvalue weighted by molar-refractivity contribution is -0.120. The van der Waals surface area contributed by atoms with Crippen LogP contribution in [0.3, 0.4) is 0 Å². The quantitative estimate of drug-likeness (QED) is 0.736. The zero-order valence-corrected chi connectivity index (χ0v) is 17.1. The number of carbonyl (C=O) groups is 1. The summed E-state index contributed by atoms with van der Waals surface area (Å²) in [6.07, 6.45) is 4.41. The third-order valence-electron chi connectivity index (χ3n) is 5.23. The molecule has 0 aliphatic carbocycles. The van der Waals surface area contributed by atoms with Gasteiger partial charge in [0.2, 0.25) is 5.91 Å². The molecule has 1 heterocycles. The smallest absolute Gasteiger partial charge is 0.241 e. The summed E-state index contributed by atoms with van der Waals surface area (Å²) in [7, 11) is 0. The first-order valence-corrected chi connectivity index (χ1v) is 10.2. The van der Waals surface area contributed by atoms with Gasteiger partial charge in [0, 0.05) is 45.0 Å². The SMILES string of the molecule is CCN(C(=O)CN1CCN(C/C=C/c2ccccc2)CC1)c1cccc(C)c1. The monoisotopic (exact) mass is 377 g/mol. The van der Waals surface area contributed by atoms with Gasteiger partial charge in [-0.15, -0.1) is 0 Å². The number of anilines is 1. The van der Waals surface area contributed by atoms with Gasteiger partial charge in [0.05, 0.1) is 6.54 Å². The van der Waals surface area contributed by atoms with Crippen LogP contribution in [0.15, 0.2) is 60.7 Å². The predicted molar refractivity (Wildman–Crippen MR) is 118 cm³/mol. The van der Waals surface area contributed by atoms with E-state index in [2.05, 4.69) is 65.3 Å². The van der Waals surface area contributed by atoms with Crippen LogP contribution in [-0.4, -0.2) is 61.5 Å². The van der Waals surface area contributed by atoms with Crippen molar-refractivity contribution in [3.05, 3.63) is 71.8 Å². The highest BCUT2D eigenvalue weighted by Gasteiger charge is 2.21. The topological polar surface area (TPSA) is 26.8 Å². The first-order chi connectivity index (χ1) is 13.7. The largest absolute Gasteiger partial charge is 0.312 e. The van der Waals surface area contributed by atoms with Gasteiger partial charge in [-0.2, -0.15) is 0 Å². The molecule has 148 valence electrons. The molecule has 0 aromatic heterocycles. The molecule has 1 fully saturated rings. The molecule has 4 heteroatoms. The zero-order chi connectivity index (χ0) is 19.8. The first kappa shape index (κ1) is 20.3. The number of rotatable bonds is 7. The summed E-state index contributed by atoms with van der Waals surface area (Å²) in [5.41, 5.74) is 3.42. The Morgan fingerprint density at radius 1 is 1.00 bits per heavy atom. The molecule has 0 saturated carbocycles. The van der Waals surface area contributed by atoms with E-state index in [0.29, 0.717) is 13.1 Å². The number of likely N-dealkylation sites (N-methyl/N-ethyl adjacent to an activating group) is 1. The van der Waals surface area contributed by atoms with Crippen molar-refractivity contribution in [3.63, 3.8) is 0 Å². The first-order valence-electron chi connectivity index (χ1n) is 10.2. The average Bonchev–Trinajstić information content (AvgIpc) is 2.71. The van der Waals surface area contributed by atoms with Gasteiger partial charge in [-0.1, -0.05) is 54.6 Å². The van der Waals surface area contributed by atoms with Crippen molar-refractivity contribution < 1.29 is 4.79 Å². The Morgan fingerprint density at radius 3 is 2.39 bits per heavy atom. The Hall–Kier alpha value is -2.43. The average molecular weight is 378 g/mol. The van der Waals surface area contributed by atoms with Crippen molar-refractivity contribution in [1.82, 2.24) is 9.80 Å². The number of amides is 1. The number of aryl methyl sites for hydroxylation is 1. The third kappa shape index (κ3) is 5.78. The van der Waals surface area contributed by atoms with Gasteiger partial charge >= 0.3 is 0 Å². The molecule has 28 heavy (non-hydrogen) atoms. The molecular formula is C24H31N3O. The van der Waals surface area contributed by atoms with E-state index in [-0.39, 0.29) is 5.91 Å². The second-order valence-corrected chi connectivity index (χ2v) is 7.37. The minimum absolute atomic E-state index is 0.186. The Labute approximate surface area is 169 Å². The van der Waals surface area contributed by atoms with Crippen LogP contribution in [-0.2, 0) is 4.79 Å². The zero-order valence-electron chi connectivity index (χ0n) is 17.1. The molecule has 3 rings (SSSR count). The van der Waals surface area contributed by atoms with E-state index in [1.165, 1.54) is 11.1 Å². The Bertz CT molecular complexity index is 779. The maximum atomic E-state index is 12.8. The van der Waals surface area contributed by atoms with E-state index in [0.717, 1.165) is 38.4 Å². The highest BCUT2D eigenvalue weighted by Crippen LogP contribution is 2.16. The van der Waals surface area contributed by atoms with Gasteiger partial charge in [-0.3, -0.25) is 14.6 Å². The summed E-state index contributed by atoms with van der Waals surface area (Å²) >= 11 is 0. The number of benzene rings is 2. The second kappa shape index (κ2) is 10.2. The highest BCUT2D eigenvalue weighted by molar-refractivity contribution is 5.94. The van der Waals surface area contributed by atoms with Crippen molar-refractivity contribution in [2.24, 2.45) is 0 Å². The minimum Gasteiger partial charge on any atom is -0.312 e. The van der Waals surface area contributed by atoms with Crippen LogP contribution in [0.25, 0.3) is 6.08 Å². The van der Waals surface area contributed by atoms with Crippen molar-refractivity contribution in [1.29, 1.82) is 0 Å². The molecular weight excluding hydrogens is 346 g/mol. The van der Waals surface area contributed by atoms with Crippen molar-refractivity contribution in [2.45, 2.75) is 13.8 Å². The fraction of sp³-hybridized carbons (Fsp3) is 0.375. The van der Waals surface area contributed by atoms with E-state index in [1.807, 2.05) is 30.0 Å². The van der Waals surface area contributed by atoms with Crippen LogP contribution in [0.5, 0.6) is 0 Å². The van der Waals surface area contributed by atoms with Crippen molar-refractivity contribution in [3.8, 4) is 0 Å². The summed E-state index contributed by atoms with van der Waals surface area (Å²) in [5, 5.41) is 0. The van der Waals surface area contributed by atoms with Gasteiger partial charge in [0.25, 0.3) is 0 Å². The maximum absolute atomic E-state index is 12.8. The highest BCUT2D eigenvalue weighted by atomic mass is 16.2. The molecule has 1 amide bonds. The molecule has 4 nitrogen and oxygen atoms in total. The number of nitrogens with zero attached hydrogens (tertiary/aromatic N) is 3. The number of carbonyl (C=O) groups excluding carboxylic acids is 1. The molecule has 0 N–H and O–H groups in total. The second-order valence-electron chi connectivity index (χ2n) is 7.37. The van der Waals surface area contributed by atoms with E-state index in [4.69, 9.17) is 0 Å². The Kier molecular flexibility index (Phi) is 7.40. The number of hydrogen-bond acceptors (Lipinski definition) is 3. The standard InChI is InChI=1S/C24H31N3O/c1-3-27(23-13-7-9-21(2)19-23)24(28)20-26-17-15-25(16-18-26)14-8-12-22-10-5-4-6-11-22/h4-13,19H,3,14-18,20H2,1-2H3/b12-8+. The molecule has 0 unspecified atom stereocenters. The lowest BCUT2D eigenvalue weighted by Crippen LogP contribution is -2.50. The molecule has 1 aliphatic heterocycles. The van der Waals surface area contributed by atoms with E-state index < -0.39 is 0 Å². The number of hydrogen-bond donors (Lipinski definition) is 0. The predicted octanol–water partition coefficient (Wildman–Crippen LogP) is 3.68. The summed E-state index contributed by atoms with van der Waals surface area (Å²) < 4.78 is 0. The molecule has 1 aliphatic rings. The molecule has 0 radical (unpaired) electrons. The fourth-order valence-electron chi connectivity index (χ4n) is 3.61. The molecule has 2 aromatic carbocycles. The van der Waals surface area contributed by atoms with Gasteiger partial charge in [-0.05, 0) is 37.1 Å². The lowest BCUT2D eigenvalue weighted by Gasteiger charge is -2.34. The summed E-state index contributed by atoms with van der Waals surface area (Å²) in [5.74, 6) is 0.186. The summed E-state index contributed by atoms with van der Waals surface area (Å²) in [4.78, 5) is 19.4. The van der Waals surface area contributed by atoms with Crippen molar-refractivity contribution >= 4 is 17.7 Å². The van der Waals surface area contributed by atoms with Crippen molar-refractivity contribution in [2.75, 3.05) is 50.7 Å². The van der Waals surface area contributed by atoms with Crippen LogP contribution in [0.4, 0.5) is 5.69 Å². The number of piperazine rings is 1. The maximum Gasteiger partial charge on any atom is 0.241 e. The molecule has 0 atom stereocenters. The normalized spacial score (nSPS) is 15.8. The van der Waals surface area contributed by atoms with Gasteiger partial charge in [-0.25, -0.2) is 0 Å². The summed E-state index contributed by atoms with van der Waals surface area (Å²) in [6.45, 7) is 10.1. The van der Waals surface area contributed by atoms with Crippen LogP contribution in [0.2, 0.25) is 0 Å². The van der Waals surface area contributed by atoms with Crippen LogP contribution in [0.1, 0.15) is 18.1 Å². The fourth-order valence-corrected chi connectivity index (χ4v) is 3.61. The van der Waals surface area contributed by atoms with Gasteiger partial charge < -0.3 is 4.90 Å². The van der Waals surface area contributed by atoms with Crippen LogP contribution in [0, 0.1) is 6.92 Å². The minimum atomic E-state index is 0.186. The summed E-state index contributed by atoms with van der Waals surface area (Å²) in [6, 6.07) is 18.6. The van der Waals surface area contributed by atoms with Crippen LogP contribution >= 0.6 is 0 Å². The Morgan fingerprint density at radius 2 is 1.71 bits per heavy atom. The molecule has 1 saturated heterocycles. The van der Waals surface area contributed by atoms with Crippen LogP contribution < -0.4 is 4.90 Å².